The number of nitrogens with one attached hydrogen (secondary N) is 1. The highest BCUT2D eigenvalue weighted by atomic mass is 32.2. The van der Waals surface area contributed by atoms with E-state index in [1.54, 1.807) is 0 Å². The van der Waals surface area contributed by atoms with Gasteiger partial charge in [0.25, 0.3) is 0 Å². The van der Waals surface area contributed by atoms with E-state index in [0.717, 1.165) is 19.7 Å². The Morgan fingerprint density at radius 2 is 2.21 bits per heavy atom. The number of benzene rings is 1. The molecule has 2 unspecified atom stereocenters. The van der Waals surface area contributed by atoms with Crippen LogP contribution >= 0.6 is 11.8 Å². The van der Waals surface area contributed by atoms with Crippen molar-refractivity contribution in [3.05, 3.63) is 29.8 Å². The van der Waals surface area contributed by atoms with Crippen LogP contribution in [0.5, 0.6) is 0 Å². The summed E-state index contributed by atoms with van der Waals surface area (Å²) in [5, 5.41) is 3.62. The van der Waals surface area contributed by atoms with E-state index in [2.05, 4.69) is 29.6 Å². The van der Waals surface area contributed by atoms with E-state index in [-0.39, 0.29) is 0 Å². The number of thioether (sulfide) groups is 1. The molecule has 104 valence electrons. The summed E-state index contributed by atoms with van der Waals surface area (Å²) < 4.78 is 5.76. The summed E-state index contributed by atoms with van der Waals surface area (Å²) in [5.41, 5.74) is 1.54. The van der Waals surface area contributed by atoms with Crippen molar-refractivity contribution in [3.8, 4) is 0 Å². The summed E-state index contributed by atoms with van der Waals surface area (Å²) in [4.78, 5) is 1.48. The molecule has 19 heavy (non-hydrogen) atoms. The van der Waals surface area contributed by atoms with Crippen LogP contribution in [0.3, 0.4) is 0 Å². The minimum atomic E-state index is 0.506. The average molecular weight is 277 g/mol. The van der Waals surface area contributed by atoms with Crippen LogP contribution < -0.4 is 5.32 Å². The number of rotatable bonds is 5. The van der Waals surface area contributed by atoms with Crippen molar-refractivity contribution in [3.63, 3.8) is 0 Å². The summed E-state index contributed by atoms with van der Waals surface area (Å²) in [6.45, 7) is 3.17. The van der Waals surface area contributed by atoms with E-state index in [0.29, 0.717) is 12.0 Å². The predicted octanol–water partition coefficient (Wildman–Crippen LogP) is 3.42. The number of fused-ring (bicyclic) bond motifs is 1. The van der Waals surface area contributed by atoms with Gasteiger partial charge < -0.3 is 10.1 Å². The van der Waals surface area contributed by atoms with E-state index in [4.69, 9.17) is 4.74 Å². The third-order valence-corrected chi connectivity index (χ3v) is 5.36. The molecule has 1 aromatic rings. The van der Waals surface area contributed by atoms with E-state index >= 15 is 0 Å². The second kappa shape index (κ2) is 6.78. The molecule has 2 heterocycles. The normalized spacial score (nSPS) is 26.3. The van der Waals surface area contributed by atoms with Crippen molar-refractivity contribution in [1.82, 2.24) is 5.32 Å². The minimum Gasteiger partial charge on any atom is -0.378 e. The molecule has 0 bridgehead atoms. The second-order valence-corrected chi connectivity index (χ2v) is 6.59. The van der Waals surface area contributed by atoms with Gasteiger partial charge in [-0.15, -0.1) is 11.8 Å². The Balaban J connectivity index is 1.39. The molecule has 0 spiro atoms. The third kappa shape index (κ3) is 3.53. The molecule has 0 radical (unpaired) electrons. The van der Waals surface area contributed by atoms with Gasteiger partial charge in [-0.05, 0) is 43.9 Å². The summed E-state index contributed by atoms with van der Waals surface area (Å²) in [6, 6.07) is 8.83. The van der Waals surface area contributed by atoms with Crippen LogP contribution in [0.25, 0.3) is 0 Å². The van der Waals surface area contributed by atoms with Crippen LogP contribution in [0.15, 0.2) is 29.2 Å². The van der Waals surface area contributed by atoms with E-state index in [1.165, 1.54) is 41.9 Å². The maximum atomic E-state index is 5.76. The van der Waals surface area contributed by atoms with E-state index in [1.807, 2.05) is 11.8 Å². The maximum Gasteiger partial charge on any atom is 0.0587 e. The summed E-state index contributed by atoms with van der Waals surface area (Å²) in [5.74, 6) is 1.92. The lowest BCUT2D eigenvalue weighted by Crippen LogP contribution is -2.28. The van der Waals surface area contributed by atoms with Gasteiger partial charge in [0.05, 0.1) is 6.10 Å². The fourth-order valence-electron chi connectivity index (χ4n) is 2.97. The summed E-state index contributed by atoms with van der Waals surface area (Å²) >= 11 is 2.00. The molecule has 2 atom stereocenters. The van der Waals surface area contributed by atoms with Crippen molar-refractivity contribution in [2.75, 3.05) is 25.4 Å². The van der Waals surface area contributed by atoms with E-state index in [9.17, 15) is 0 Å². The fraction of sp³-hybridized carbons (Fsp3) is 0.625. The Kier molecular flexibility index (Phi) is 4.81. The molecule has 2 aliphatic heterocycles. The first-order valence-corrected chi connectivity index (χ1v) is 8.46. The van der Waals surface area contributed by atoms with Crippen molar-refractivity contribution in [2.45, 2.75) is 42.6 Å². The summed E-state index contributed by atoms with van der Waals surface area (Å²) in [6.07, 6.45) is 5.52. The molecule has 2 aliphatic rings. The molecular weight excluding hydrogens is 254 g/mol. The van der Waals surface area contributed by atoms with Gasteiger partial charge in [0.15, 0.2) is 0 Å². The number of hydrogen-bond acceptors (Lipinski definition) is 3. The Bertz CT molecular complexity index is 403. The van der Waals surface area contributed by atoms with Gasteiger partial charge in [0, 0.05) is 29.7 Å². The molecule has 0 aromatic heterocycles. The van der Waals surface area contributed by atoms with Crippen LogP contribution in [0.1, 0.15) is 37.2 Å². The smallest absolute Gasteiger partial charge is 0.0587 e. The Labute approximate surface area is 120 Å². The lowest BCUT2D eigenvalue weighted by molar-refractivity contribution is 0.0116. The van der Waals surface area contributed by atoms with Gasteiger partial charge in [-0.1, -0.05) is 18.2 Å². The highest BCUT2D eigenvalue weighted by Crippen LogP contribution is 2.38. The highest BCUT2D eigenvalue weighted by molar-refractivity contribution is 7.99. The largest absolute Gasteiger partial charge is 0.378 e. The van der Waals surface area contributed by atoms with Crippen LogP contribution in [-0.2, 0) is 4.74 Å². The number of hydrogen-bond donors (Lipinski definition) is 1. The van der Waals surface area contributed by atoms with Crippen molar-refractivity contribution >= 4 is 11.8 Å². The fourth-order valence-corrected chi connectivity index (χ4v) is 4.23. The predicted molar refractivity (Wildman–Crippen MR) is 81.0 cm³/mol. The molecular formula is C16H23NOS. The molecule has 3 rings (SSSR count). The van der Waals surface area contributed by atoms with Gasteiger partial charge in [-0.25, -0.2) is 0 Å². The zero-order chi connectivity index (χ0) is 12.9. The Morgan fingerprint density at radius 1 is 1.26 bits per heavy atom. The number of ether oxygens (including phenoxy) is 1. The van der Waals surface area contributed by atoms with Crippen LogP contribution in [0, 0.1) is 0 Å². The molecule has 2 nitrogen and oxygen atoms in total. The minimum absolute atomic E-state index is 0.506. The molecule has 0 saturated carbocycles. The third-order valence-electron chi connectivity index (χ3n) is 4.11. The average Bonchev–Trinajstić information content (AvgIpc) is 2.88. The topological polar surface area (TPSA) is 21.3 Å². The molecule has 1 fully saturated rings. The van der Waals surface area contributed by atoms with Crippen molar-refractivity contribution in [1.29, 1.82) is 0 Å². The lowest BCUT2D eigenvalue weighted by Gasteiger charge is -2.23. The maximum absolute atomic E-state index is 5.76. The van der Waals surface area contributed by atoms with Crippen molar-refractivity contribution in [2.24, 2.45) is 0 Å². The first-order valence-electron chi connectivity index (χ1n) is 7.47. The van der Waals surface area contributed by atoms with Gasteiger partial charge in [0.2, 0.25) is 0 Å². The van der Waals surface area contributed by atoms with Crippen LogP contribution in [-0.4, -0.2) is 31.6 Å². The SMILES string of the molecule is c1ccc2c(c1)SCC2CNCCC1CCCCO1. The molecule has 3 heteroatoms. The molecule has 1 saturated heterocycles. The Morgan fingerprint density at radius 3 is 3.11 bits per heavy atom. The van der Waals surface area contributed by atoms with Gasteiger partial charge in [-0.3, -0.25) is 0 Å². The molecule has 0 aliphatic carbocycles. The monoisotopic (exact) mass is 277 g/mol. The molecule has 1 aromatic carbocycles. The second-order valence-electron chi connectivity index (χ2n) is 5.53. The standard InChI is InChI=1S/C16H23NOS/c1-2-7-16-15(6-1)13(12-19-16)11-17-9-8-14-5-3-4-10-18-14/h1-2,6-7,13-14,17H,3-5,8-12H2. The Hall–Kier alpha value is -0.510. The quantitative estimate of drug-likeness (QED) is 0.833. The molecule has 1 N–H and O–H groups in total. The zero-order valence-corrected chi connectivity index (χ0v) is 12.3. The summed E-state index contributed by atoms with van der Waals surface area (Å²) in [7, 11) is 0. The highest BCUT2D eigenvalue weighted by Gasteiger charge is 2.22. The zero-order valence-electron chi connectivity index (χ0n) is 11.4. The van der Waals surface area contributed by atoms with Gasteiger partial charge in [0.1, 0.15) is 0 Å². The van der Waals surface area contributed by atoms with Crippen molar-refractivity contribution < 1.29 is 4.74 Å². The van der Waals surface area contributed by atoms with Crippen LogP contribution in [0.2, 0.25) is 0 Å². The van der Waals surface area contributed by atoms with Gasteiger partial charge >= 0.3 is 0 Å². The molecule has 0 amide bonds. The van der Waals surface area contributed by atoms with Gasteiger partial charge in [-0.2, -0.15) is 0 Å². The first kappa shape index (κ1) is 13.5. The van der Waals surface area contributed by atoms with Crippen LogP contribution in [0.4, 0.5) is 0 Å². The van der Waals surface area contributed by atoms with E-state index < -0.39 is 0 Å². The first-order chi connectivity index (χ1) is 9.43. The lowest BCUT2D eigenvalue weighted by atomic mass is 10.0.